The number of carbonyl (C=O) groups is 2. The summed E-state index contributed by atoms with van der Waals surface area (Å²) in [5.74, 6) is -0.336. The Hall–Kier alpha value is -2.24. The summed E-state index contributed by atoms with van der Waals surface area (Å²) in [6.45, 7) is 1.72. The quantitative estimate of drug-likeness (QED) is 0.728. The van der Waals surface area contributed by atoms with Crippen LogP contribution in [0.2, 0.25) is 0 Å². The number of carboxylic acid groups (broad SMARTS) is 1. The van der Waals surface area contributed by atoms with E-state index in [0.29, 0.717) is 6.54 Å². The van der Waals surface area contributed by atoms with Crippen LogP contribution in [0.25, 0.3) is 0 Å². The van der Waals surface area contributed by atoms with Gasteiger partial charge in [0.15, 0.2) is 0 Å². The zero-order valence-corrected chi connectivity index (χ0v) is 10.3. The van der Waals surface area contributed by atoms with Gasteiger partial charge in [0, 0.05) is 6.54 Å². The van der Waals surface area contributed by atoms with Crippen LogP contribution in [-0.2, 0) is 11.3 Å². The molecule has 0 saturated heterocycles. The molecule has 1 rings (SSSR count). The van der Waals surface area contributed by atoms with Crippen molar-refractivity contribution >= 4 is 12.0 Å². The first kappa shape index (κ1) is 13.8. The monoisotopic (exact) mass is 252 g/mol. The van der Waals surface area contributed by atoms with E-state index in [1.807, 2.05) is 12.1 Å². The number of carboxylic acids is 1. The number of carbonyl (C=O) groups excluding carboxylic acids is 1. The Morgan fingerprint density at radius 2 is 1.94 bits per heavy atom. The largest absolute Gasteiger partial charge is 0.497 e. The average Bonchev–Trinajstić information content (AvgIpc) is 2.36. The summed E-state index contributed by atoms with van der Waals surface area (Å²) < 4.78 is 5.01. The minimum atomic E-state index is -1.07. The fourth-order valence-corrected chi connectivity index (χ4v) is 1.24. The molecule has 1 aromatic carbocycles. The molecular weight excluding hydrogens is 236 g/mol. The summed E-state index contributed by atoms with van der Waals surface area (Å²) in [5, 5.41) is 13.5. The van der Waals surface area contributed by atoms with Gasteiger partial charge < -0.3 is 20.5 Å². The summed E-state index contributed by atoms with van der Waals surface area (Å²) in [6, 6.07) is 5.78. The van der Waals surface area contributed by atoms with E-state index < -0.39 is 18.0 Å². The summed E-state index contributed by atoms with van der Waals surface area (Å²) in [4.78, 5) is 21.9. The van der Waals surface area contributed by atoms with E-state index >= 15 is 0 Å². The van der Waals surface area contributed by atoms with Crippen molar-refractivity contribution in [2.45, 2.75) is 19.5 Å². The number of urea groups is 1. The van der Waals surface area contributed by atoms with Crippen molar-refractivity contribution in [1.29, 1.82) is 0 Å². The highest BCUT2D eigenvalue weighted by Gasteiger charge is 2.13. The van der Waals surface area contributed by atoms with Crippen LogP contribution in [0.1, 0.15) is 12.5 Å². The molecule has 3 N–H and O–H groups in total. The Balaban J connectivity index is 2.40. The van der Waals surface area contributed by atoms with Gasteiger partial charge in [0.2, 0.25) is 0 Å². The van der Waals surface area contributed by atoms with Crippen LogP contribution in [0.3, 0.4) is 0 Å². The normalized spacial score (nSPS) is 11.4. The molecule has 1 aromatic rings. The SMILES string of the molecule is COc1ccc(CNC(=O)N[C@@H](C)C(=O)O)cc1. The van der Waals surface area contributed by atoms with Crippen molar-refractivity contribution in [2.24, 2.45) is 0 Å². The molecule has 2 amide bonds. The van der Waals surface area contributed by atoms with Gasteiger partial charge in [-0.3, -0.25) is 4.79 Å². The molecule has 0 heterocycles. The summed E-state index contributed by atoms with van der Waals surface area (Å²) in [6.07, 6.45) is 0. The number of amides is 2. The number of benzene rings is 1. The molecule has 0 saturated carbocycles. The molecule has 98 valence electrons. The van der Waals surface area contributed by atoms with E-state index in [0.717, 1.165) is 11.3 Å². The zero-order valence-electron chi connectivity index (χ0n) is 10.3. The minimum absolute atomic E-state index is 0.322. The molecule has 0 bridgehead atoms. The van der Waals surface area contributed by atoms with Crippen LogP contribution >= 0.6 is 0 Å². The summed E-state index contributed by atoms with van der Waals surface area (Å²) in [7, 11) is 1.58. The maximum Gasteiger partial charge on any atom is 0.325 e. The van der Waals surface area contributed by atoms with Crippen molar-refractivity contribution in [3.63, 3.8) is 0 Å². The topological polar surface area (TPSA) is 87.7 Å². The molecule has 0 aliphatic heterocycles. The van der Waals surface area contributed by atoms with Crippen LogP contribution in [0.4, 0.5) is 4.79 Å². The molecule has 0 radical (unpaired) electrons. The molecule has 0 unspecified atom stereocenters. The molecule has 0 fully saturated rings. The second-order valence-electron chi connectivity index (χ2n) is 3.74. The van der Waals surface area contributed by atoms with E-state index in [-0.39, 0.29) is 0 Å². The van der Waals surface area contributed by atoms with Crippen LogP contribution in [0.5, 0.6) is 5.75 Å². The van der Waals surface area contributed by atoms with E-state index in [9.17, 15) is 9.59 Å². The first-order chi connectivity index (χ1) is 8.52. The molecule has 18 heavy (non-hydrogen) atoms. The number of ether oxygens (including phenoxy) is 1. The smallest absolute Gasteiger partial charge is 0.325 e. The van der Waals surface area contributed by atoms with Crippen molar-refractivity contribution in [3.05, 3.63) is 29.8 Å². The van der Waals surface area contributed by atoms with E-state index in [2.05, 4.69) is 10.6 Å². The lowest BCUT2D eigenvalue weighted by atomic mass is 10.2. The van der Waals surface area contributed by atoms with Gasteiger partial charge >= 0.3 is 12.0 Å². The predicted molar refractivity (Wildman–Crippen MR) is 65.5 cm³/mol. The fraction of sp³-hybridized carbons (Fsp3) is 0.333. The number of hydrogen-bond acceptors (Lipinski definition) is 3. The van der Waals surface area contributed by atoms with Crippen LogP contribution in [0, 0.1) is 0 Å². The first-order valence-corrected chi connectivity index (χ1v) is 5.43. The number of hydrogen-bond donors (Lipinski definition) is 3. The summed E-state index contributed by atoms with van der Waals surface area (Å²) >= 11 is 0. The minimum Gasteiger partial charge on any atom is -0.497 e. The second-order valence-corrected chi connectivity index (χ2v) is 3.74. The van der Waals surface area contributed by atoms with Gasteiger partial charge in [-0.2, -0.15) is 0 Å². The van der Waals surface area contributed by atoms with Gasteiger partial charge in [0.1, 0.15) is 11.8 Å². The molecule has 1 atom stereocenters. The molecular formula is C12H16N2O4. The lowest BCUT2D eigenvalue weighted by Gasteiger charge is -2.10. The number of nitrogens with one attached hydrogen (secondary N) is 2. The van der Waals surface area contributed by atoms with Crippen molar-refractivity contribution < 1.29 is 19.4 Å². The van der Waals surface area contributed by atoms with Crippen LogP contribution in [0.15, 0.2) is 24.3 Å². The number of aliphatic carboxylic acids is 1. The second kappa shape index (κ2) is 6.48. The van der Waals surface area contributed by atoms with E-state index in [4.69, 9.17) is 9.84 Å². The standard InChI is InChI=1S/C12H16N2O4/c1-8(11(15)16)14-12(17)13-7-9-3-5-10(18-2)6-4-9/h3-6,8H,7H2,1-2H3,(H,15,16)(H2,13,14,17)/t8-/m0/s1. The first-order valence-electron chi connectivity index (χ1n) is 5.43. The van der Waals surface area contributed by atoms with Crippen molar-refractivity contribution in [1.82, 2.24) is 10.6 Å². The van der Waals surface area contributed by atoms with Gasteiger partial charge in [-0.1, -0.05) is 12.1 Å². The summed E-state index contributed by atoms with van der Waals surface area (Å²) in [5.41, 5.74) is 0.897. The highest BCUT2D eigenvalue weighted by atomic mass is 16.5. The van der Waals surface area contributed by atoms with Gasteiger partial charge in [-0.25, -0.2) is 4.79 Å². The molecule has 6 nitrogen and oxygen atoms in total. The van der Waals surface area contributed by atoms with Crippen LogP contribution in [-0.4, -0.2) is 30.3 Å². The fourth-order valence-electron chi connectivity index (χ4n) is 1.24. The Morgan fingerprint density at radius 3 is 2.44 bits per heavy atom. The molecule has 0 aliphatic rings. The predicted octanol–water partition coefficient (Wildman–Crippen LogP) is 0.967. The molecule has 0 aromatic heterocycles. The number of rotatable bonds is 5. The molecule has 0 aliphatic carbocycles. The Bertz CT molecular complexity index is 417. The third kappa shape index (κ3) is 4.32. The van der Waals surface area contributed by atoms with E-state index in [1.54, 1.807) is 19.2 Å². The lowest BCUT2D eigenvalue weighted by molar-refractivity contribution is -0.138. The third-order valence-electron chi connectivity index (χ3n) is 2.33. The Kier molecular flexibility index (Phi) is 4.98. The van der Waals surface area contributed by atoms with Crippen LogP contribution < -0.4 is 15.4 Å². The van der Waals surface area contributed by atoms with Gasteiger partial charge in [-0.15, -0.1) is 0 Å². The van der Waals surface area contributed by atoms with Crippen molar-refractivity contribution in [2.75, 3.05) is 7.11 Å². The highest BCUT2D eigenvalue weighted by molar-refractivity contribution is 5.82. The van der Waals surface area contributed by atoms with Crippen molar-refractivity contribution in [3.8, 4) is 5.75 Å². The van der Waals surface area contributed by atoms with Gasteiger partial charge in [0.05, 0.1) is 7.11 Å². The Morgan fingerprint density at radius 1 is 1.33 bits per heavy atom. The highest BCUT2D eigenvalue weighted by Crippen LogP contribution is 2.10. The van der Waals surface area contributed by atoms with E-state index in [1.165, 1.54) is 6.92 Å². The lowest BCUT2D eigenvalue weighted by Crippen LogP contribution is -2.44. The van der Waals surface area contributed by atoms with Gasteiger partial charge in [-0.05, 0) is 24.6 Å². The molecule has 0 spiro atoms. The maximum atomic E-state index is 11.3. The number of methoxy groups -OCH3 is 1. The molecule has 6 heteroatoms. The zero-order chi connectivity index (χ0) is 13.5. The Labute approximate surface area is 105 Å². The maximum absolute atomic E-state index is 11.3. The third-order valence-corrected chi connectivity index (χ3v) is 2.33. The van der Waals surface area contributed by atoms with Gasteiger partial charge in [0.25, 0.3) is 0 Å². The average molecular weight is 252 g/mol.